The molecule has 3 heterocycles. The van der Waals surface area contributed by atoms with Crippen LogP contribution in [0, 0.1) is 0 Å². The van der Waals surface area contributed by atoms with Gasteiger partial charge in [0.25, 0.3) is 5.91 Å². The molecule has 1 amide bonds. The Morgan fingerprint density at radius 2 is 2.00 bits per heavy atom. The number of carbonyl (C=O) groups is 1. The number of hydrogen-bond acceptors (Lipinski definition) is 3. The van der Waals surface area contributed by atoms with Gasteiger partial charge in [-0.3, -0.25) is 4.79 Å². The molecule has 0 unspecified atom stereocenters. The third-order valence-corrected chi connectivity index (χ3v) is 4.74. The van der Waals surface area contributed by atoms with E-state index in [0.717, 1.165) is 6.42 Å². The molecule has 0 aliphatic carbocycles. The first-order valence-corrected chi connectivity index (χ1v) is 8.21. The summed E-state index contributed by atoms with van der Waals surface area (Å²) in [5.74, 6) is -0.0869. The van der Waals surface area contributed by atoms with E-state index in [1.54, 1.807) is 23.0 Å². The van der Waals surface area contributed by atoms with Crippen LogP contribution in [-0.4, -0.2) is 30.9 Å². The summed E-state index contributed by atoms with van der Waals surface area (Å²) >= 11 is 5.94. The molecule has 1 aliphatic rings. The van der Waals surface area contributed by atoms with Crippen LogP contribution in [0.25, 0.3) is 5.65 Å². The molecule has 0 saturated carbocycles. The van der Waals surface area contributed by atoms with Gasteiger partial charge in [-0.05, 0) is 31.4 Å². The van der Waals surface area contributed by atoms with E-state index >= 15 is 0 Å². The molecule has 5 nitrogen and oxygen atoms in total. The van der Waals surface area contributed by atoms with Gasteiger partial charge in [-0.2, -0.15) is 5.10 Å². The van der Waals surface area contributed by atoms with Crippen molar-refractivity contribution in [3.8, 4) is 0 Å². The molecule has 0 N–H and O–H groups in total. The van der Waals surface area contributed by atoms with Crippen LogP contribution in [0.3, 0.4) is 0 Å². The maximum Gasteiger partial charge on any atom is 0.275 e. The van der Waals surface area contributed by atoms with E-state index in [0.29, 0.717) is 22.9 Å². The first-order valence-electron chi connectivity index (χ1n) is 7.84. The van der Waals surface area contributed by atoms with Crippen molar-refractivity contribution in [3.63, 3.8) is 0 Å². The van der Waals surface area contributed by atoms with Gasteiger partial charge in [0.1, 0.15) is 0 Å². The molecule has 0 spiro atoms. The van der Waals surface area contributed by atoms with E-state index in [1.807, 2.05) is 17.0 Å². The monoisotopic (exact) mass is 340 g/mol. The minimum absolute atomic E-state index is 0.0869. The van der Waals surface area contributed by atoms with Crippen molar-refractivity contribution in [2.24, 2.45) is 0 Å². The second-order valence-corrected chi connectivity index (χ2v) is 7.19. The molecule has 1 aliphatic heterocycles. The van der Waals surface area contributed by atoms with Crippen molar-refractivity contribution in [2.75, 3.05) is 0 Å². The minimum Gasteiger partial charge on any atom is -0.327 e. The summed E-state index contributed by atoms with van der Waals surface area (Å²) in [6.07, 6.45) is 4.03. The predicted octanol–water partition coefficient (Wildman–Crippen LogP) is 3.36. The minimum atomic E-state index is -0.272. The van der Waals surface area contributed by atoms with E-state index in [9.17, 15) is 4.79 Å². The summed E-state index contributed by atoms with van der Waals surface area (Å²) in [4.78, 5) is 19.2. The molecular weight excluding hydrogens is 324 g/mol. The number of amides is 1. The molecular formula is C18H17ClN4O. The van der Waals surface area contributed by atoms with Crippen molar-refractivity contribution in [2.45, 2.75) is 32.4 Å². The van der Waals surface area contributed by atoms with Crippen LogP contribution < -0.4 is 0 Å². The number of carbonyl (C=O) groups excluding carboxylic acids is 1. The number of hydrogen-bond donors (Lipinski definition) is 0. The van der Waals surface area contributed by atoms with Crippen molar-refractivity contribution < 1.29 is 4.79 Å². The van der Waals surface area contributed by atoms with Crippen molar-refractivity contribution >= 4 is 23.2 Å². The van der Waals surface area contributed by atoms with Gasteiger partial charge in [0.05, 0.1) is 11.2 Å². The van der Waals surface area contributed by atoms with Gasteiger partial charge >= 0.3 is 0 Å². The molecule has 4 rings (SSSR count). The van der Waals surface area contributed by atoms with Gasteiger partial charge in [0.15, 0.2) is 11.3 Å². The van der Waals surface area contributed by atoms with E-state index in [2.05, 4.69) is 36.1 Å². The van der Waals surface area contributed by atoms with Crippen molar-refractivity contribution in [1.82, 2.24) is 19.5 Å². The molecule has 0 fully saturated rings. The molecule has 0 atom stereocenters. The average Bonchev–Trinajstić information content (AvgIpc) is 2.95. The second kappa shape index (κ2) is 5.31. The lowest BCUT2D eigenvalue weighted by Gasteiger charge is -2.43. The van der Waals surface area contributed by atoms with Crippen LogP contribution in [0.4, 0.5) is 0 Å². The summed E-state index contributed by atoms with van der Waals surface area (Å²) in [5, 5.41) is 4.83. The number of benzene rings is 1. The topological polar surface area (TPSA) is 50.5 Å². The highest BCUT2D eigenvalue weighted by Gasteiger charge is 2.37. The maximum absolute atomic E-state index is 13.1. The van der Waals surface area contributed by atoms with Crippen molar-refractivity contribution in [3.05, 3.63) is 64.6 Å². The average molecular weight is 341 g/mol. The zero-order valence-corrected chi connectivity index (χ0v) is 14.3. The highest BCUT2D eigenvalue weighted by atomic mass is 35.5. The number of fused-ring (bicyclic) bond motifs is 2. The van der Waals surface area contributed by atoms with Crippen LogP contribution in [0.1, 0.15) is 35.5 Å². The lowest BCUT2D eigenvalue weighted by molar-refractivity contribution is 0.0482. The highest BCUT2D eigenvalue weighted by Crippen LogP contribution is 2.31. The first kappa shape index (κ1) is 15.1. The molecule has 3 aromatic rings. The van der Waals surface area contributed by atoms with E-state index in [1.165, 1.54) is 11.1 Å². The number of rotatable bonds is 1. The fourth-order valence-corrected chi connectivity index (χ4v) is 3.41. The Labute approximate surface area is 144 Å². The number of aromatic nitrogens is 3. The maximum atomic E-state index is 13.1. The predicted molar refractivity (Wildman–Crippen MR) is 92.1 cm³/mol. The third kappa shape index (κ3) is 2.45. The highest BCUT2D eigenvalue weighted by molar-refractivity contribution is 6.30. The Hall–Kier alpha value is -2.40. The summed E-state index contributed by atoms with van der Waals surface area (Å²) in [6.45, 7) is 4.77. The van der Waals surface area contributed by atoms with Crippen LogP contribution in [-0.2, 0) is 13.0 Å². The number of halogens is 1. The van der Waals surface area contributed by atoms with Gasteiger partial charge in [-0.15, -0.1) is 0 Å². The fraction of sp³-hybridized carbons (Fsp3) is 0.278. The standard InChI is InChI=1S/C18H17ClN4O/c1-18(2)8-12-5-3-4-6-13(12)10-22(18)17(24)15-7-16-20-9-14(19)11-23(16)21-15/h3-7,9,11H,8,10H2,1-2H3. The summed E-state index contributed by atoms with van der Waals surface area (Å²) < 4.78 is 1.54. The Morgan fingerprint density at radius 1 is 1.25 bits per heavy atom. The summed E-state index contributed by atoms with van der Waals surface area (Å²) in [6, 6.07) is 9.97. The van der Waals surface area contributed by atoms with Gasteiger partial charge in [0, 0.05) is 24.3 Å². The van der Waals surface area contributed by atoms with Gasteiger partial charge in [-0.25, -0.2) is 9.50 Å². The van der Waals surface area contributed by atoms with Crippen LogP contribution in [0.2, 0.25) is 5.02 Å². The Kier molecular flexibility index (Phi) is 3.35. The third-order valence-electron chi connectivity index (χ3n) is 4.55. The fourth-order valence-electron chi connectivity index (χ4n) is 3.27. The first-order chi connectivity index (χ1) is 11.4. The van der Waals surface area contributed by atoms with Gasteiger partial charge < -0.3 is 4.90 Å². The molecule has 122 valence electrons. The second-order valence-electron chi connectivity index (χ2n) is 6.75. The Balaban J connectivity index is 1.72. The molecule has 0 saturated heterocycles. The van der Waals surface area contributed by atoms with E-state index in [4.69, 9.17) is 11.6 Å². The lowest BCUT2D eigenvalue weighted by Crippen LogP contribution is -2.51. The zero-order valence-electron chi connectivity index (χ0n) is 13.5. The quantitative estimate of drug-likeness (QED) is 0.682. The van der Waals surface area contributed by atoms with E-state index in [-0.39, 0.29) is 11.4 Å². The van der Waals surface area contributed by atoms with Crippen molar-refractivity contribution in [1.29, 1.82) is 0 Å². The number of nitrogens with zero attached hydrogens (tertiary/aromatic N) is 4. The molecule has 6 heteroatoms. The lowest BCUT2D eigenvalue weighted by atomic mass is 9.85. The van der Waals surface area contributed by atoms with Crippen LogP contribution in [0.15, 0.2) is 42.7 Å². The molecule has 1 aromatic carbocycles. The molecule has 0 radical (unpaired) electrons. The van der Waals surface area contributed by atoms with Crippen LogP contribution in [0.5, 0.6) is 0 Å². The van der Waals surface area contributed by atoms with E-state index < -0.39 is 0 Å². The van der Waals surface area contributed by atoms with Gasteiger partial charge in [-0.1, -0.05) is 35.9 Å². The van der Waals surface area contributed by atoms with Crippen LogP contribution >= 0.6 is 11.6 Å². The summed E-state index contributed by atoms with van der Waals surface area (Å²) in [5.41, 5.74) is 3.21. The largest absolute Gasteiger partial charge is 0.327 e. The zero-order chi connectivity index (χ0) is 16.9. The Bertz CT molecular complexity index is 947. The molecule has 24 heavy (non-hydrogen) atoms. The summed E-state index contributed by atoms with van der Waals surface area (Å²) in [7, 11) is 0. The Morgan fingerprint density at radius 3 is 2.79 bits per heavy atom. The smallest absolute Gasteiger partial charge is 0.275 e. The normalized spacial score (nSPS) is 16.2. The SMILES string of the molecule is CC1(C)Cc2ccccc2CN1C(=O)c1cc2ncc(Cl)cn2n1. The molecule has 2 aromatic heterocycles. The van der Waals surface area contributed by atoms with Gasteiger partial charge in [0.2, 0.25) is 0 Å². The molecule has 0 bridgehead atoms.